The summed E-state index contributed by atoms with van der Waals surface area (Å²) in [6.07, 6.45) is 2.28. The zero-order chi connectivity index (χ0) is 21.5. The molecule has 0 aromatic heterocycles. The molecule has 12 nitrogen and oxygen atoms in total. The van der Waals surface area contributed by atoms with Crippen molar-refractivity contribution in [3.8, 4) is 0 Å². The molecule has 0 spiro atoms. The van der Waals surface area contributed by atoms with E-state index in [-0.39, 0.29) is 18.7 Å². The highest BCUT2D eigenvalue weighted by Crippen LogP contribution is 1.96. The van der Waals surface area contributed by atoms with Gasteiger partial charge in [0, 0.05) is 36.9 Å². The minimum atomic E-state index is -1.32. The molecule has 0 rings (SSSR count). The van der Waals surface area contributed by atoms with E-state index in [1.54, 1.807) is 0 Å². The van der Waals surface area contributed by atoms with E-state index < -0.39 is 48.9 Å². The van der Waals surface area contributed by atoms with Gasteiger partial charge in [-0.15, -0.1) is 0 Å². The Labute approximate surface area is 159 Å². The van der Waals surface area contributed by atoms with E-state index in [0.717, 1.165) is 19.3 Å². The summed E-state index contributed by atoms with van der Waals surface area (Å²) in [5.41, 5.74) is -0.177. The lowest BCUT2D eigenvalue weighted by Gasteiger charge is -2.08. The van der Waals surface area contributed by atoms with E-state index in [0.29, 0.717) is 6.08 Å². The summed E-state index contributed by atoms with van der Waals surface area (Å²) in [5.74, 6) is -5.24. The number of carbonyl (C=O) groups excluding carboxylic acids is 5. The number of carbonyl (C=O) groups is 6. The molecule has 12 heteroatoms. The van der Waals surface area contributed by atoms with Crippen LogP contribution >= 0.6 is 0 Å². The molecule has 0 radical (unpaired) electrons. The minimum Gasteiger partial charge on any atom is -0.478 e. The van der Waals surface area contributed by atoms with Crippen LogP contribution in [0.25, 0.3) is 0 Å². The van der Waals surface area contributed by atoms with Crippen LogP contribution < -0.4 is 10.6 Å². The van der Waals surface area contributed by atoms with E-state index in [1.165, 1.54) is 6.92 Å². The van der Waals surface area contributed by atoms with Crippen LogP contribution in [-0.2, 0) is 43.0 Å². The SMILES string of the molecule is COC(=O)/C=C/C(=O)OCC(=O)NCCNC(=O)COC(=O)/C(C)=C/C(=O)O. The molecule has 0 heterocycles. The number of carboxylic acids is 1. The van der Waals surface area contributed by atoms with E-state index in [9.17, 15) is 28.8 Å². The van der Waals surface area contributed by atoms with Gasteiger partial charge in [0.05, 0.1) is 7.11 Å². The molecule has 0 fully saturated rings. The van der Waals surface area contributed by atoms with Gasteiger partial charge in [0.1, 0.15) is 0 Å². The number of aliphatic carboxylic acids is 1. The number of rotatable bonds is 11. The van der Waals surface area contributed by atoms with Crippen LogP contribution in [0.2, 0.25) is 0 Å². The number of hydrogen-bond acceptors (Lipinski definition) is 9. The third-order valence-corrected chi connectivity index (χ3v) is 2.67. The predicted octanol–water partition coefficient (Wildman–Crippen LogP) is -1.93. The van der Waals surface area contributed by atoms with Gasteiger partial charge in [0.15, 0.2) is 13.2 Å². The monoisotopic (exact) mass is 400 g/mol. The average molecular weight is 400 g/mol. The van der Waals surface area contributed by atoms with Crippen LogP contribution in [0.5, 0.6) is 0 Å². The Morgan fingerprint density at radius 3 is 1.86 bits per heavy atom. The summed E-state index contributed by atoms with van der Waals surface area (Å²) in [5, 5.41) is 13.2. The van der Waals surface area contributed by atoms with E-state index >= 15 is 0 Å². The first-order chi connectivity index (χ1) is 13.1. The fraction of sp³-hybridized carbons (Fsp3) is 0.375. The lowest BCUT2D eigenvalue weighted by atomic mass is 10.3. The van der Waals surface area contributed by atoms with E-state index in [1.807, 2.05) is 0 Å². The molecular weight excluding hydrogens is 380 g/mol. The lowest BCUT2D eigenvalue weighted by molar-refractivity contribution is -0.145. The fourth-order valence-electron chi connectivity index (χ4n) is 1.38. The van der Waals surface area contributed by atoms with Gasteiger partial charge in [-0.2, -0.15) is 0 Å². The maximum atomic E-state index is 11.5. The lowest BCUT2D eigenvalue weighted by Crippen LogP contribution is -2.38. The first-order valence-corrected chi connectivity index (χ1v) is 7.70. The Morgan fingerprint density at radius 2 is 1.36 bits per heavy atom. The van der Waals surface area contributed by atoms with Crippen molar-refractivity contribution in [2.45, 2.75) is 6.92 Å². The molecular formula is C16H20N2O10. The summed E-state index contributed by atoms with van der Waals surface area (Å²) >= 11 is 0. The summed E-state index contributed by atoms with van der Waals surface area (Å²) in [6.45, 7) is 0.0169. The highest BCUT2D eigenvalue weighted by Gasteiger charge is 2.11. The number of amides is 2. The Bertz CT molecular complexity index is 681. The number of hydrogen-bond donors (Lipinski definition) is 3. The quantitative estimate of drug-likeness (QED) is 0.153. The fourth-order valence-corrected chi connectivity index (χ4v) is 1.38. The molecule has 0 aromatic rings. The van der Waals surface area contributed by atoms with Crippen LogP contribution in [0.15, 0.2) is 23.8 Å². The van der Waals surface area contributed by atoms with Crippen LogP contribution in [0.4, 0.5) is 0 Å². The Balaban J connectivity index is 3.93. The molecule has 0 saturated carbocycles. The normalized spacial score (nSPS) is 10.7. The molecule has 0 atom stereocenters. The van der Waals surface area contributed by atoms with Gasteiger partial charge in [-0.25, -0.2) is 19.2 Å². The summed E-state index contributed by atoms with van der Waals surface area (Å²) in [7, 11) is 1.13. The first kappa shape index (κ1) is 24.3. The number of methoxy groups -OCH3 is 1. The maximum absolute atomic E-state index is 11.5. The summed E-state index contributed by atoms with van der Waals surface area (Å²) in [4.78, 5) is 66.6. The Morgan fingerprint density at radius 1 is 0.857 bits per heavy atom. The van der Waals surface area contributed by atoms with Gasteiger partial charge in [-0.05, 0) is 6.92 Å². The topological polar surface area (TPSA) is 174 Å². The predicted molar refractivity (Wildman–Crippen MR) is 90.5 cm³/mol. The molecule has 0 bridgehead atoms. The van der Waals surface area contributed by atoms with E-state index in [4.69, 9.17) is 5.11 Å². The number of esters is 3. The molecule has 2 amide bonds. The molecule has 3 N–H and O–H groups in total. The second-order valence-electron chi connectivity index (χ2n) is 4.91. The van der Waals surface area contributed by atoms with Gasteiger partial charge in [-0.1, -0.05) is 0 Å². The highest BCUT2D eigenvalue weighted by atomic mass is 16.5. The number of nitrogens with one attached hydrogen (secondary N) is 2. The molecule has 0 saturated heterocycles. The van der Waals surface area contributed by atoms with Gasteiger partial charge >= 0.3 is 23.9 Å². The van der Waals surface area contributed by atoms with Gasteiger partial charge in [0.25, 0.3) is 11.8 Å². The van der Waals surface area contributed by atoms with Crippen LogP contribution in [0, 0.1) is 0 Å². The highest BCUT2D eigenvalue weighted by molar-refractivity contribution is 5.96. The molecule has 154 valence electrons. The second-order valence-corrected chi connectivity index (χ2v) is 4.91. The first-order valence-electron chi connectivity index (χ1n) is 7.70. The second kappa shape index (κ2) is 13.5. The zero-order valence-corrected chi connectivity index (χ0v) is 15.2. The van der Waals surface area contributed by atoms with Crippen molar-refractivity contribution < 1.29 is 48.1 Å². The van der Waals surface area contributed by atoms with Crippen molar-refractivity contribution in [2.24, 2.45) is 0 Å². The minimum absolute atomic E-state index is 0.00224. The maximum Gasteiger partial charge on any atom is 0.334 e. The standard InChI is InChI=1S/C16H20N2O10/c1-10(7-13(21)22)16(25)28-9-12(20)18-6-5-17-11(19)8-27-15(24)4-3-14(23)26-2/h3-4,7H,5-6,8-9H2,1-2H3,(H,17,19)(H,18,20)(H,21,22)/b4-3+,10-7+. The number of carboxylic acid groups (broad SMARTS) is 1. The van der Waals surface area contributed by atoms with Gasteiger partial charge in [0.2, 0.25) is 0 Å². The molecule has 0 aliphatic rings. The van der Waals surface area contributed by atoms with Crippen molar-refractivity contribution in [3.63, 3.8) is 0 Å². The Kier molecular flexibility index (Phi) is 11.7. The Hall–Kier alpha value is -3.70. The summed E-state index contributed by atoms with van der Waals surface area (Å²) in [6, 6.07) is 0. The summed E-state index contributed by atoms with van der Waals surface area (Å²) < 4.78 is 13.4. The average Bonchev–Trinajstić information content (AvgIpc) is 2.65. The zero-order valence-electron chi connectivity index (χ0n) is 15.2. The van der Waals surface area contributed by atoms with Crippen LogP contribution in [0.1, 0.15) is 6.92 Å². The smallest absolute Gasteiger partial charge is 0.334 e. The van der Waals surface area contributed by atoms with Crippen molar-refractivity contribution in [1.29, 1.82) is 0 Å². The largest absolute Gasteiger partial charge is 0.478 e. The van der Waals surface area contributed by atoms with Crippen molar-refractivity contribution in [1.82, 2.24) is 10.6 Å². The van der Waals surface area contributed by atoms with E-state index in [2.05, 4.69) is 24.8 Å². The van der Waals surface area contributed by atoms with Gasteiger partial charge < -0.3 is 30.0 Å². The molecule has 0 aliphatic heterocycles. The molecule has 0 unspecified atom stereocenters. The molecule has 0 aromatic carbocycles. The third-order valence-electron chi connectivity index (χ3n) is 2.67. The third kappa shape index (κ3) is 12.6. The van der Waals surface area contributed by atoms with Gasteiger partial charge in [-0.3, -0.25) is 9.59 Å². The number of ether oxygens (including phenoxy) is 3. The molecule has 28 heavy (non-hydrogen) atoms. The van der Waals surface area contributed by atoms with Crippen molar-refractivity contribution in [2.75, 3.05) is 33.4 Å². The van der Waals surface area contributed by atoms with Crippen LogP contribution in [-0.4, -0.2) is 74.2 Å². The molecule has 0 aliphatic carbocycles. The van der Waals surface area contributed by atoms with Crippen LogP contribution in [0.3, 0.4) is 0 Å². The van der Waals surface area contributed by atoms with Crippen molar-refractivity contribution in [3.05, 3.63) is 23.8 Å². The van der Waals surface area contributed by atoms with Crippen molar-refractivity contribution >= 4 is 35.7 Å².